The summed E-state index contributed by atoms with van der Waals surface area (Å²) in [6, 6.07) is 14.1. The average Bonchev–Trinajstić information content (AvgIpc) is 2.49. The summed E-state index contributed by atoms with van der Waals surface area (Å²) in [6.07, 6.45) is 0. The highest BCUT2D eigenvalue weighted by atomic mass is 19.1. The maximum Gasteiger partial charge on any atom is 0.196 e. The standard InChI is InChI=1S/C17H11F2NO/c18-11-8-14(16(19)15(20)9-11)17(21)13-7-3-5-10-4-1-2-6-12(10)13/h1-9H,20H2. The molecule has 0 unspecified atom stereocenters. The molecule has 0 spiro atoms. The first-order chi connectivity index (χ1) is 10.1. The Kier molecular flexibility index (Phi) is 3.14. The molecular formula is C17H11F2NO. The van der Waals surface area contributed by atoms with Gasteiger partial charge in [-0.15, -0.1) is 0 Å². The lowest BCUT2D eigenvalue weighted by Crippen LogP contribution is -2.08. The monoisotopic (exact) mass is 283 g/mol. The van der Waals surface area contributed by atoms with Gasteiger partial charge in [-0.1, -0.05) is 42.5 Å². The van der Waals surface area contributed by atoms with Gasteiger partial charge in [0, 0.05) is 5.56 Å². The van der Waals surface area contributed by atoms with E-state index in [1.54, 1.807) is 24.3 Å². The van der Waals surface area contributed by atoms with Gasteiger partial charge in [0.2, 0.25) is 0 Å². The van der Waals surface area contributed by atoms with Gasteiger partial charge in [0.15, 0.2) is 11.6 Å². The summed E-state index contributed by atoms with van der Waals surface area (Å²) in [5.74, 6) is -2.22. The number of carbonyl (C=O) groups is 1. The van der Waals surface area contributed by atoms with Crippen LogP contribution in [0.4, 0.5) is 14.5 Å². The number of nitrogen functional groups attached to an aromatic ring is 1. The predicted octanol–water partition coefficient (Wildman–Crippen LogP) is 3.93. The maximum absolute atomic E-state index is 14.0. The van der Waals surface area contributed by atoms with Crippen LogP contribution in [-0.2, 0) is 0 Å². The molecule has 0 bridgehead atoms. The Balaban J connectivity index is 2.22. The minimum Gasteiger partial charge on any atom is -0.396 e. The maximum atomic E-state index is 14.0. The molecule has 3 aromatic rings. The zero-order valence-electron chi connectivity index (χ0n) is 10.9. The van der Waals surface area contributed by atoms with Gasteiger partial charge in [0.1, 0.15) is 5.82 Å². The smallest absolute Gasteiger partial charge is 0.196 e. The SMILES string of the molecule is Nc1cc(F)cc(C(=O)c2cccc3ccccc23)c1F. The van der Waals surface area contributed by atoms with Crippen LogP contribution in [0.25, 0.3) is 10.8 Å². The molecule has 0 saturated carbocycles. The van der Waals surface area contributed by atoms with Crippen molar-refractivity contribution in [2.45, 2.75) is 0 Å². The number of hydrogen-bond donors (Lipinski definition) is 1. The van der Waals surface area contributed by atoms with Gasteiger partial charge in [-0.2, -0.15) is 0 Å². The molecule has 0 aliphatic rings. The molecule has 2 N–H and O–H groups in total. The van der Waals surface area contributed by atoms with Gasteiger partial charge in [-0.05, 0) is 22.9 Å². The van der Waals surface area contributed by atoms with E-state index >= 15 is 0 Å². The third-order valence-corrected chi connectivity index (χ3v) is 3.34. The highest BCUT2D eigenvalue weighted by Crippen LogP contribution is 2.25. The van der Waals surface area contributed by atoms with Crippen molar-refractivity contribution in [1.29, 1.82) is 0 Å². The fourth-order valence-electron chi connectivity index (χ4n) is 2.34. The van der Waals surface area contributed by atoms with E-state index in [4.69, 9.17) is 5.73 Å². The molecule has 104 valence electrons. The molecular weight excluding hydrogens is 272 g/mol. The zero-order valence-corrected chi connectivity index (χ0v) is 10.9. The van der Waals surface area contributed by atoms with E-state index in [9.17, 15) is 13.6 Å². The molecule has 2 nitrogen and oxygen atoms in total. The summed E-state index contributed by atoms with van der Waals surface area (Å²) in [4.78, 5) is 12.5. The normalized spacial score (nSPS) is 10.8. The van der Waals surface area contributed by atoms with Crippen molar-refractivity contribution in [2.24, 2.45) is 0 Å². The fourth-order valence-corrected chi connectivity index (χ4v) is 2.34. The van der Waals surface area contributed by atoms with E-state index in [0.29, 0.717) is 10.9 Å². The molecule has 21 heavy (non-hydrogen) atoms. The first kappa shape index (κ1) is 13.2. The second-order valence-corrected chi connectivity index (χ2v) is 4.71. The van der Waals surface area contributed by atoms with E-state index in [0.717, 1.165) is 17.5 Å². The predicted molar refractivity (Wildman–Crippen MR) is 78.2 cm³/mol. The number of anilines is 1. The number of hydrogen-bond acceptors (Lipinski definition) is 2. The molecule has 0 heterocycles. The second kappa shape index (κ2) is 4.98. The molecule has 0 aromatic heterocycles. The van der Waals surface area contributed by atoms with E-state index in [1.165, 1.54) is 0 Å². The van der Waals surface area contributed by atoms with Crippen molar-refractivity contribution in [3.8, 4) is 0 Å². The number of rotatable bonds is 2. The van der Waals surface area contributed by atoms with Gasteiger partial charge < -0.3 is 5.73 Å². The van der Waals surface area contributed by atoms with Crippen molar-refractivity contribution in [3.05, 3.63) is 77.4 Å². The van der Waals surface area contributed by atoms with Crippen molar-refractivity contribution in [1.82, 2.24) is 0 Å². The molecule has 4 heteroatoms. The van der Waals surface area contributed by atoms with E-state index in [1.807, 2.05) is 18.2 Å². The van der Waals surface area contributed by atoms with Gasteiger partial charge in [0.25, 0.3) is 0 Å². The molecule has 0 atom stereocenters. The Morgan fingerprint density at radius 3 is 2.43 bits per heavy atom. The van der Waals surface area contributed by atoms with Gasteiger partial charge in [-0.3, -0.25) is 4.79 Å². The molecule has 0 amide bonds. The van der Waals surface area contributed by atoms with Crippen LogP contribution in [0.5, 0.6) is 0 Å². The van der Waals surface area contributed by atoms with Crippen molar-refractivity contribution < 1.29 is 13.6 Å². The Bertz CT molecular complexity index is 853. The number of halogens is 2. The van der Waals surface area contributed by atoms with E-state index < -0.39 is 17.4 Å². The van der Waals surface area contributed by atoms with Crippen molar-refractivity contribution in [3.63, 3.8) is 0 Å². The summed E-state index contributed by atoms with van der Waals surface area (Å²) in [5, 5.41) is 1.54. The Hall–Kier alpha value is -2.75. The Morgan fingerprint density at radius 1 is 0.905 bits per heavy atom. The van der Waals surface area contributed by atoms with Crippen molar-refractivity contribution >= 4 is 22.2 Å². The summed E-state index contributed by atoms with van der Waals surface area (Å²) in [6.45, 7) is 0. The highest BCUT2D eigenvalue weighted by molar-refractivity contribution is 6.16. The lowest BCUT2D eigenvalue weighted by Gasteiger charge is -2.08. The summed E-state index contributed by atoms with van der Waals surface area (Å²) < 4.78 is 27.4. The lowest BCUT2D eigenvalue weighted by atomic mass is 9.96. The summed E-state index contributed by atoms with van der Waals surface area (Å²) in [5.41, 5.74) is 4.97. The number of nitrogens with two attached hydrogens (primary N) is 1. The van der Waals surface area contributed by atoms with Crippen LogP contribution < -0.4 is 5.73 Å². The van der Waals surface area contributed by atoms with Gasteiger partial charge in [-0.25, -0.2) is 8.78 Å². The first-order valence-corrected chi connectivity index (χ1v) is 6.35. The van der Waals surface area contributed by atoms with Gasteiger partial charge in [0.05, 0.1) is 11.3 Å². The molecule has 0 aliphatic heterocycles. The van der Waals surface area contributed by atoms with Crippen LogP contribution >= 0.6 is 0 Å². The molecule has 0 aliphatic carbocycles. The fraction of sp³-hybridized carbons (Fsp3) is 0. The Morgan fingerprint density at radius 2 is 1.62 bits per heavy atom. The van der Waals surface area contributed by atoms with Gasteiger partial charge >= 0.3 is 0 Å². The topological polar surface area (TPSA) is 43.1 Å². The zero-order chi connectivity index (χ0) is 15.0. The lowest BCUT2D eigenvalue weighted by molar-refractivity contribution is 0.103. The average molecular weight is 283 g/mol. The summed E-state index contributed by atoms with van der Waals surface area (Å²) in [7, 11) is 0. The third kappa shape index (κ3) is 2.25. The van der Waals surface area contributed by atoms with Crippen LogP contribution in [0.1, 0.15) is 15.9 Å². The van der Waals surface area contributed by atoms with E-state index in [-0.39, 0.29) is 11.3 Å². The molecule has 0 fully saturated rings. The third-order valence-electron chi connectivity index (χ3n) is 3.34. The van der Waals surface area contributed by atoms with Crippen LogP contribution in [0, 0.1) is 11.6 Å². The number of ketones is 1. The quantitative estimate of drug-likeness (QED) is 0.572. The second-order valence-electron chi connectivity index (χ2n) is 4.71. The van der Waals surface area contributed by atoms with Crippen LogP contribution in [0.15, 0.2) is 54.6 Å². The van der Waals surface area contributed by atoms with Crippen LogP contribution in [0.3, 0.4) is 0 Å². The largest absolute Gasteiger partial charge is 0.396 e. The molecule has 0 radical (unpaired) electrons. The number of benzene rings is 3. The highest BCUT2D eigenvalue weighted by Gasteiger charge is 2.19. The summed E-state index contributed by atoms with van der Waals surface area (Å²) >= 11 is 0. The number of carbonyl (C=O) groups excluding carboxylic acids is 1. The van der Waals surface area contributed by atoms with Crippen LogP contribution in [0.2, 0.25) is 0 Å². The molecule has 3 aromatic carbocycles. The van der Waals surface area contributed by atoms with Crippen LogP contribution in [-0.4, -0.2) is 5.78 Å². The van der Waals surface area contributed by atoms with E-state index in [2.05, 4.69) is 0 Å². The minimum atomic E-state index is -0.894. The Labute approximate surface area is 119 Å². The molecule has 0 saturated heterocycles. The molecule has 3 rings (SSSR count). The first-order valence-electron chi connectivity index (χ1n) is 6.35. The van der Waals surface area contributed by atoms with Crippen molar-refractivity contribution in [2.75, 3.05) is 5.73 Å². The minimum absolute atomic E-state index is 0.317. The number of fused-ring (bicyclic) bond motifs is 1.